The fourth-order valence-corrected chi connectivity index (χ4v) is 3.94. The van der Waals surface area contributed by atoms with E-state index in [1.54, 1.807) is 36.7 Å². The third-order valence-electron chi connectivity index (χ3n) is 5.59. The number of halogens is 1. The number of carbonyl (C=O) groups excluding carboxylic acids is 2. The van der Waals surface area contributed by atoms with Gasteiger partial charge in [-0.05, 0) is 55.6 Å². The molecular formula is C24H33ClN6O2. The van der Waals surface area contributed by atoms with Crippen LogP contribution < -0.4 is 15.5 Å². The van der Waals surface area contributed by atoms with E-state index in [1.807, 2.05) is 19.9 Å². The molecule has 1 aromatic carbocycles. The zero-order chi connectivity index (χ0) is 23.6. The molecule has 2 aromatic rings. The average Bonchev–Trinajstić information content (AvgIpc) is 2.82. The highest BCUT2D eigenvalue weighted by atomic mass is 35.5. The first kappa shape index (κ1) is 24.9. The van der Waals surface area contributed by atoms with Crippen LogP contribution in [-0.2, 0) is 4.79 Å². The lowest BCUT2D eigenvalue weighted by molar-refractivity contribution is -0.123. The van der Waals surface area contributed by atoms with E-state index in [0.717, 1.165) is 45.1 Å². The normalized spacial score (nSPS) is 15.3. The van der Waals surface area contributed by atoms with Crippen LogP contribution in [0.5, 0.6) is 0 Å². The van der Waals surface area contributed by atoms with Gasteiger partial charge in [0.25, 0.3) is 5.91 Å². The Kier molecular flexibility index (Phi) is 9.45. The van der Waals surface area contributed by atoms with Crippen LogP contribution in [0.25, 0.3) is 0 Å². The fraction of sp³-hybridized carbons (Fsp3) is 0.500. The van der Waals surface area contributed by atoms with Gasteiger partial charge in [-0.15, -0.1) is 0 Å². The summed E-state index contributed by atoms with van der Waals surface area (Å²) in [6.07, 6.45) is 4.96. The molecule has 3 rings (SSSR count). The summed E-state index contributed by atoms with van der Waals surface area (Å²) in [5.74, 6) is 0.641. The summed E-state index contributed by atoms with van der Waals surface area (Å²) in [5, 5.41) is 6.44. The second kappa shape index (κ2) is 12.5. The largest absolute Gasteiger partial charge is 0.354 e. The number of benzene rings is 1. The van der Waals surface area contributed by atoms with Crippen molar-refractivity contribution in [2.24, 2.45) is 5.92 Å². The molecule has 178 valence electrons. The van der Waals surface area contributed by atoms with Crippen LogP contribution in [0.1, 0.15) is 37.0 Å². The minimum atomic E-state index is -0.567. The van der Waals surface area contributed by atoms with Gasteiger partial charge in [-0.1, -0.05) is 25.4 Å². The molecular weight excluding hydrogens is 440 g/mol. The van der Waals surface area contributed by atoms with Crippen LogP contribution >= 0.6 is 11.6 Å². The van der Waals surface area contributed by atoms with Crippen LogP contribution in [0.3, 0.4) is 0 Å². The third kappa shape index (κ3) is 7.98. The Morgan fingerprint density at radius 2 is 1.73 bits per heavy atom. The van der Waals surface area contributed by atoms with Gasteiger partial charge in [0.15, 0.2) is 0 Å². The van der Waals surface area contributed by atoms with Gasteiger partial charge in [0, 0.05) is 55.7 Å². The molecule has 1 unspecified atom stereocenters. The number of carbonyl (C=O) groups is 2. The van der Waals surface area contributed by atoms with Crippen molar-refractivity contribution in [1.29, 1.82) is 0 Å². The number of hydrogen-bond acceptors (Lipinski definition) is 6. The predicted octanol–water partition coefficient (Wildman–Crippen LogP) is 2.60. The molecule has 0 aliphatic carbocycles. The molecule has 1 saturated heterocycles. The number of anilines is 1. The first-order chi connectivity index (χ1) is 15.9. The van der Waals surface area contributed by atoms with Gasteiger partial charge in [-0.2, -0.15) is 0 Å². The van der Waals surface area contributed by atoms with Crippen LogP contribution in [0.4, 0.5) is 5.95 Å². The molecule has 1 aromatic heterocycles. The molecule has 1 atom stereocenters. The van der Waals surface area contributed by atoms with E-state index in [-0.39, 0.29) is 17.7 Å². The Balaban J connectivity index is 1.40. The molecule has 0 saturated carbocycles. The lowest BCUT2D eigenvalue weighted by atomic mass is 10.0. The van der Waals surface area contributed by atoms with Crippen LogP contribution in [0.2, 0.25) is 5.02 Å². The minimum Gasteiger partial charge on any atom is -0.354 e. The smallest absolute Gasteiger partial charge is 0.251 e. The first-order valence-corrected chi connectivity index (χ1v) is 11.9. The van der Waals surface area contributed by atoms with Crippen LogP contribution in [-0.4, -0.2) is 72.0 Å². The van der Waals surface area contributed by atoms with E-state index in [1.165, 1.54) is 0 Å². The van der Waals surface area contributed by atoms with Gasteiger partial charge in [0.1, 0.15) is 6.04 Å². The van der Waals surface area contributed by atoms with E-state index in [9.17, 15) is 9.59 Å². The Morgan fingerprint density at radius 1 is 1.06 bits per heavy atom. The quantitative estimate of drug-likeness (QED) is 0.516. The Morgan fingerprint density at radius 3 is 2.36 bits per heavy atom. The number of aromatic nitrogens is 2. The summed E-state index contributed by atoms with van der Waals surface area (Å²) in [7, 11) is 0. The SMILES string of the molecule is CC(C)CC(NC(=O)c1ccc(Cl)cc1)C(=O)NCCCN1CCN(c2ncccn2)CC1. The molecule has 9 heteroatoms. The zero-order valence-electron chi connectivity index (χ0n) is 19.3. The van der Waals surface area contributed by atoms with Crippen LogP contribution in [0, 0.1) is 5.92 Å². The summed E-state index contributed by atoms with van der Waals surface area (Å²) >= 11 is 5.90. The van der Waals surface area contributed by atoms with E-state index < -0.39 is 6.04 Å². The molecule has 2 heterocycles. The predicted molar refractivity (Wildman–Crippen MR) is 130 cm³/mol. The van der Waals surface area contributed by atoms with E-state index in [0.29, 0.717) is 23.6 Å². The second-order valence-electron chi connectivity index (χ2n) is 8.68. The monoisotopic (exact) mass is 472 g/mol. The van der Waals surface area contributed by atoms with Gasteiger partial charge in [0.05, 0.1) is 0 Å². The van der Waals surface area contributed by atoms with Gasteiger partial charge in [-0.25, -0.2) is 9.97 Å². The zero-order valence-corrected chi connectivity index (χ0v) is 20.1. The minimum absolute atomic E-state index is 0.142. The summed E-state index contributed by atoms with van der Waals surface area (Å²) < 4.78 is 0. The van der Waals surface area contributed by atoms with Crippen molar-refractivity contribution in [2.45, 2.75) is 32.7 Å². The van der Waals surface area contributed by atoms with Gasteiger partial charge < -0.3 is 15.5 Å². The highest BCUT2D eigenvalue weighted by Crippen LogP contribution is 2.12. The van der Waals surface area contributed by atoms with Crippen molar-refractivity contribution >= 4 is 29.4 Å². The Labute approximate surface area is 200 Å². The van der Waals surface area contributed by atoms with Crippen molar-refractivity contribution in [3.8, 4) is 0 Å². The average molecular weight is 473 g/mol. The lowest BCUT2D eigenvalue weighted by Gasteiger charge is -2.34. The molecule has 33 heavy (non-hydrogen) atoms. The lowest BCUT2D eigenvalue weighted by Crippen LogP contribution is -2.49. The summed E-state index contributed by atoms with van der Waals surface area (Å²) in [6.45, 7) is 9.23. The summed E-state index contributed by atoms with van der Waals surface area (Å²) in [4.78, 5) is 38.5. The highest BCUT2D eigenvalue weighted by molar-refractivity contribution is 6.30. The molecule has 1 fully saturated rings. The maximum atomic E-state index is 12.8. The van der Waals surface area contributed by atoms with Crippen molar-refractivity contribution in [3.05, 3.63) is 53.3 Å². The standard InChI is InChI=1S/C24H33ClN6O2/c1-18(2)17-21(29-22(32)19-5-7-20(25)8-6-19)23(33)26-11-4-12-30-13-15-31(16-14-30)24-27-9-3-10-28-24/h3,5-10,18,21H,4,11-17H2,1-2H3,(H,26,33)(H,29,32). The topological polar surface area (TPSA) is 90.5 Å². The maximum Gasteiger partial charge on any atom is 0.251 e. The summed E-state index contributed by atoms with van der Waals surface area (Å²) in [5.41, 5.74) is 0.487. The van der Waals surface area contributed by atoms with Crippen molar-refractivity contribution in [3.63, 3.8) is 0 Å². The molecule has 2 amide bonds. The molecule has 0 spiro atoms. The van der Waals surface area contributed by atoms with Crippen molar-refractivity contribution in [1.82, 2.24) is 25.5 Å². The molecule has 1 aliphatic heterocycles. The molecule has 2 N–H and O–H groups in total. The Bertz CT molecular complexity index is 886. The van der Waals surface area contributed by atoms with E-state index in [2.05, 4.69) is 30.4 Å². The maximum absolute atomic E-state index is 12.8. The number of rotatable bonds is 10. The number of piperazine rings is 1. The molecule has 0 radical (unpaired) electrons. The first-order valence-electron chi connectivity index (χ1n) is 11.5. The number of nitrogens with one attached hydrogen (secondary N) is 2. The number of amides is 2. The van der Waals surface area contributed by atoms with Gasteiger partial charge >= 0.3 is 0 Å². The fourth-order valence-electron chi connectivity index (χ4n) is 3.81. The van der Waals surface area contributed by atoms with Gasteiger partial charge in [-0.3, -0.25) is 14.5 Å². The number of nitrogens with zero attached hydrogens (tertiary/aromatic N) is 4. The van der Waals surface area contributed by atoms with Crippen LogP contribution in [0.15, 0.2) is 42.7 Å². The van der Waals surface area contributed by atoms with Crippen molar-refractivity contribution in [2.75, 3.05) is 44.2 Å². The molecule has 1 aliphatic rings. The van der Waals surface area contributed by atoms with E-state index in [4.69, 9.17) is 11.6 Å². The van der Waals surface area contributed by atoms with Gasteiger partial charge in [0.2, 0.25) is 11.9 Å². The Hall–Kier alpha value is -2.71. The number of hydrogen-bond donors (Lipinski definition) is 2. The van der Waals surface area contributed by atoms with Crippen molar-refractivity contribution < 1.29 is 9.59 Å². The highest BCUT2D eigenvalue weighted by Gasteiger charge is 2.23. The molecule has 0 bridgehead atoms. The third-order valence-corrected chi connectivity index (χ3v) is 5.84. The van der Waals surface area contributed by atoms with E-state index >= 15 is 0 Å². The summed E-state index contributed by atoms with van der Waals surface area (Å²) in [6, 6.07) is 7.91. The molecule has 8 nitrogen and oxygen atoms in total. The second-order valence-corrected chi connectivity index (χ2v) is 9.12.